The summed E-state index contributed by atoms with van der Waals surface area (Å²) in [6.45, 7) is 7.35. The molecule has 1 aromatic carbocycles. The molecular weight excluding hydrogens is 366 g/mol. The zero-order valence-electron chi connectivity index (χ0n) is 15.3. The lowest BCUT2D eigenvalue weighted by atomic mass is 9.78. The number of ether oxygens (including phenoxy) is 1. The second kappa shape index (κ2) is 6.93. The van der Waals surface area contributed by atoms with Gasteiger partial charge in [0.25, 0.3) is 0 Å². The van der Waals surface area contributed by atoms with E-state index in [1.807, 2.05) is 27.7 Å². The van der Waals surface area contributed by atoms with E-state index in [2.05, 4.69) is 14.7 Å². The largest absolute Gasteiger partial charge is 0.573 e. The molecular formula is C15H21BF3N5O3. The van der Waals surface area contributed by atoms with Gasteiger partial charge in [0.15, 0.2) is 5.96 Å². The molecule has 1 heterocycles. The van der Waals surface area contributed by atoms with Gasteiger partial charge in [0.2, 0.25) is 5.96 Å². The van der Waals surface area contributed by atoms with Crippen LogP contribution in [0.2, 0.25) is 0 Å². The zero-order chi connectivity index (χ0) is 20.6. The number of alkyl halides is 3. The quantitative estimate of drug-likeness (QED) is 0.405. The van der Waals surface area contributed by atoms with Gasteiger partial charge in [-0.25, -0.2) is 4.99 Å². The molecule has 0 aliphatic carbocycles. The molecule has 1 aliphatic rings. The van der Waals surface area contributed by atoms with Crippen LogP contribution >= 0.6 is 0 Å². The summed E-state index contributed by atoms with van der Waals surface area (Å²) in [5, 5.41) is 0. The number of benzene rings is 1. The zero-order valence-corrected chi connectivity index (χ0v) is 15.3. The molecule has 148 valence electrons. The number of rotatable bonds is 3. The van der Waals surface area contributed by atoms with E-state index >= 15 is 0 Å². The molecule has 0 radical (unpaired) electrons. The maximum Gasteiger partial charge on any atom is 0.573 e. The molecule has 2 rings (SSSR count). The summed E-state index contributed by atoms with van der Waals surface area (Å²) in [4.78, 5) is 7.53. The highest BCUT2D eigenvalue weighted by Crippen LogP contribution is 2.37. The van der Waals surface area contributed by atoms with Crippen LogP contribution in [0.3, 0.4) is 0 Å². The van der Waals surface area contributed by atoms with E-state index in [4.69, 9.17) is 26.5 Å². The topological polar surface area (TPSA) is 130 Å². The number of hydrogen-bond donors (Lipinski definition) is 3. The van der Waals surface area contributed by atoms with Crippen LogP contribution in [0, 0.1) is 0 Å². The summed E-state index contributed by atoms with van der Waals surface area (Å²) >= 11 is 0. The van der Waals surface area contributed by atoms with Crippen molar-refractivity contribution in [2.75, 3.05) is 0 Å². The van der Waals surface area contributed by atoms with Gasteiger partial charge >= 0.3 is 13.5 Å². The van der Waals surface area contributed by atoms with E-state index in [9.17, 15) is 13.2 Å². The monoisotopic (exact) mass is 387 g/mol. The average molecular weight is 387 g/mol. The van der Waals surface area contributed by atoms with Crippen LogP contribution in [-0.2, 0) is 9.31 Å². The summed E-state index contributed by atoms with van der Waals surface area (Å²) in [5.41, 5.74) is 15.1. The van der Waals surface area contributed by atoms with E-state index in [0.29, 0.717) is 5.46 Å². The normalized spacial score (nSPS) is 19.1. The molecule has 1 fully saturated rings. The molecule has 0 amide bonds. The first-order valence-electron chi connectivity index (χ1n) is 7.89. The first-order valence-corrected chi connectivity index (χ1v) is 7.89. The lowest BCUT2D eigenvalue weighted by Crippen LogP contribution is -2.41. The Labute approximate surface area is 154 Å². The minimum absolute atomic E-state index is 0.0118. The minimum atomic E-state index is -4.86. The van der Waals surface area contributed by atoms with Crippen molar-refractivity contribution in [3.63, 3.8) is 0 Å². The van der Waals surface area contributed by atoms with Crippen molar-refractivity contribution in [2.45, 2.75) is 45.3 Å². The van der Waals surface area contributed by atoms with Crippen LogP contribution in [0.25, 0.3) is 0 Å². The highest BCUT2D eigenvalue weighted by molar-refractivity contribution is 6.63. The first kappa shape index (κ1) is 20.8. The van der Waals surface area contributed by atoms with Gasteiger partial charge < -0.3 is 31.2 Å². The van der Waals surface area contributed by atoms with Crippen molar-refractivity contribution in [3.05, 3.63) is 18.2 Å². The van der Waals surface area contributed by atoms with Gasteiger partial charge in [-0.05, 0) is 33.8 Å². The Balaban J connectivity index is 2.49. The maximum absolute atomic E-state index is 12.5. The number of nitrogens with zero attached hydrogens (tertiary/aromatic N) is 2. The van der Waals surface area contributed by atoms with Gasteiger partial charge in [-0.1, -0.05) is 6.07 Å². The fourth-order valence-electron chi connectivity index (χ4n) is 2.27. The molecule has 0 spiro atoms. The van der Waals surface area contributed by atoms with Crippen LogP contribution in [0.4, 0.5) is 18.9 Å². The Kier molecular flexibility index (Phi) is 5.35. The third-order valence-corrected chi connectivity index (χ3v) is 4.22. The van der Waals surface area contributed by atoms with Crippen LogP contribution in [0.5, 0.6) is 5.75 Å². The van der Waals surface area contributed by atoms with Gasteiger partial charge in [-0.3, -0.25) is 0 Å². The van der Waals surface area contributed by atoms with Gasteiger partial charge in [0.1, 0.15) is 5.75 Å². The van der Waals surface area contributed by atoms with Gasteiger partial charge in [0.05, 0.1) is 16.9 Å². The molecule has 6 N–H and O–H groups in total. The number of halogens is 3. The highest BCUT2D eigenvalue weighted by atomic mass is 19.4. The summed E-state index contributed by atoms with van der Waals surface area (Å²) in [6.07, 6.45) is -4.86. The van der Waals surface area contributed by atoms with Crippen molar-refractivity contribution >= 4 is 30.2 Å². The van der Waals surface area contributed by atoms with Gasteiger partial charge in [-0.2, -0.15) is 4.99 Å². The SMILES string of the molecule is CC1(C)OB(c2ccc(OC(F)(F)F)cc2N=C(N)N=C(N)N)OC1(C)C. The standard InChI is InChI=1S/C15H21BF3N5O3/c1-13(2)14(3,4)27-16(26-13)9-6-5-8(25-15(17,18)19)7-10(9)23-12(22)24-11(20)21/h5-7H,1-4H3,(H6,20,21,22,23,24). The molecule has 1 aromatic rings. The minimum Gasteiger partial charge on any atom is -0.406 e. The Morgan fingerprint density at radius 1 is 1.07 bits per heavy atom. The summed E-state index contributed by atoms with van der Waals surface area (Å²) < 4.78 is 53.3. The number of aliphatic imine (C=N–C) groups is 2. The molecule has 0 atom stereocenters. The van der Waals surface area contributed by atoms with Crippen molar-refractivity contribution in [2.24, 2.45) is 27.2 Å². The molecule has 0 unspecified atom stereocenters. The van der Waals surface area contributed by atoms with E-state index in [1.165, 1.54) is 6.07 Å². The number of hydrogen-bond acceptors (Lipinski definition) is 4. The van der Waals surface area contributed by atoms with E-state index in [-0.39, 0.29) is 17.6 Å². The van der Waals surface area contributed by atoms with Crippen molar-refractivity contribution in [3.8, 4) is 5.75 Å². The predicted molar refractivity (Wildman–Crippen MR) is 95.9 cm³/mol. The predicted octanol–water partition coefficient (Wildman–Crippen LogP) is 1.10. The van der Waals surface area contributed by atoms with Crippen LogP contribution in [0.15, 0.2) is 28.2 Å². The number of guanidine groups is 2. The van der Waals surface area contributed by atoms with Crippen molar-refractivity contribution < 1.29 is 27.2 Å². The van der Waals surface area contributed by atoms with Crippen LogP contribution < -0.4 is 27.4 Å². The molecule has 8 nitrogen and oxygen atoms in total. The average Bonchev–Trinajstić information content (AvgIpc) is 2.64. The second-order valence-corrected chi connectivity index (χ2v) is 6.86. The Morgan fingerprint density at radius 2 is 1.63 bits per heavy atom. The van der Waals surface area contributed by atoms with Crippen molar-refractivity contribution in [1.29, 1.82) is 0 Å². The fourth-order valence-corrected chi connectivity index (χ4v) is 2.27. The molecule has 0 aromatic heterocycles. The fraction of sp³-hybridized carbons (Fsp3) is 0.467. The molecule has 1 saturated heterocycles. The molecule has 0 bridgehead atoms. The first-order chi connectivity index (χ1) is 12.2. The lowest BCUT2D eigenvalue weighted by Gasteiger charge is -2.32. The maximum atomic E-state index is 12.5. The number of nitrogens with two attached hydrogens (primary N) is 3. The lowest BCUT2D eigenvalue weighted by molar-refractivity contribution is -0.274. The third-order valence-electron chi connectivity index (χ3n) is 4.22. The second-order valence-electron chi connectivity index (χ2n) is 6.86. The summed E-state index contributed by atoms with van der Waals surface area (Å²) in [5.74, 6) is -1.19. The molecule has 27 heavy (non-hydrogen) atoms. The van der Waals surface area contributed by atoms with E-state index < -0.39 is 30.4 Å². The van der Waals surface area contributed by atoms with Crippen LogP contribution in [-0.4, -0.2) is 36.6 Å². The Bertz CT molecular complexity index is 760. The van der Waals surface area contributed by atoms with E-state index in [1.54, 1.807) is 0 Å². The third kappa shape index (κ3) is 5.04. The highest BCUT2D eigenvalue weighted by Gasteiger charge is 2.52. The van der Waals surface area contributed by atoms with E-state index in [0.717, 1.165) is 12.1 Å². The summed E-state index contributed by atoms with van der Waals surface area (Å²) in [6, 6.07) is 3.53. The summed E-state index contributed by atoms with van der Waals surface area (Å²) in [7, 11) is -0.888. The van der Waals surface area contributed by atoms with Gasteiger partial charge in [0, 0.05) is 11.5 Å². The Morgan fingerprint density at radius 3 is 2.11 bits per heavy atom. The smallest absolute Gasteiger partial charge is 0.406 e. The molecule has 0 saturated carbocycles. The van der Waals surface area contributed by atoms with Crippen molar-refractivity contribution in [1.82, 2.24) is 0 Å². The van der Waals surface area contributed by atoms with Gasteiger partial charge in [-0.15, -0.1) is 13.2 Å². The Hall–Kier alpha value is -2.47. The molecule has 12 heteroatoms. The molecule has 1 aliphatic heterocycles. The van der Waals surface area contributed by atoms with Crippen LogP contribution in [0.1, 0.15) is 27.7 Å².